The summed E-state index contributed by atoms with van der Waals surface area (Å²) in [7, 11) is 0. The third-order valence-electron chi connectivity index (χ3n) is 4.56. The first-order valence-corrected chi connectivity index (χ1v) is 8.36. The summed E-state index contributed by atoms with van der Waals surface area (Å²) in [5, 5.41) is 3.85. The molecule has 3 rings (SSSR count). The minimum Gasteiger partial charge on any atom is -0.303 e. The number of fused-ring (bicyclic) bond motifs is 1. The molecule has 1 unspecified atom stereocenters. The number of hydrogen-bond donors (Lipinski definition) is 1. The maximum atomic E-state index is 3.85. The lowest BCUT2D eigenvalue weighted by Crippen LogP contribution is -2.33. The molecule has 1 aliphatic rings. The summed E-state index contributed by atoms with van der Waals surface area (Å²) in [4.78, 5) is 0. The molecular weight excluding hydrogens is 322 g/mol. The molecule has 1 nitrogen and oxygen atoms in total. The molecule has 0 aromatic heterocycles. The first-order valence-electron chi connectivity index (χ1n) is 7.57. The fraction of sp³-hybridized carbons (Fsp3) is 0.368. The Hall–Kier alpha value is -1.12. The van der Waals surface area contributed by atoms with Crippen molar-refractivity contribution in [1.82, 2.24) is 5.32 Å². The normalized spacial score (nSPS) is 21.0. The van der Waals surface area contributed by atoms with E-state index in [1.165, 1.54) is 16.7 Å². The molecule has 21 heavy (non-hydrogen) atoms. The van der Waals surface area contributed by atoms with Crippen molar-refractivity contribution in [3.8, 4) is 0 Å². The zero-order chi connectivity index (χ0) is 15.0. The van der Waals surface area contributed by atoms with E-state index in [2.05, 4.69) is 90.5 Å². The van der Waals surface area contributed by atoms with Crippen molar-refractivity contribution >= 4 is 15.9 Å². The predicted octanol–water partition coefficient (Wildman–Crippen LogP) is 5.42. The molecule has 0 heterocycles. The van der Waals surface area contributed by atoms with Gasteiger partial charge in [0, 0.05) is 16.6 Å². The highest BCUT2D eigenvalue weighted by Crippen LogP contribution is 2.46. The molecule has 0 fully saturated rings. The lowest BCUT2D eigenvalue weighted by Gasteiger charge is -2.31. The summed E-state index contributed by atoms with van der Waals surface area (Å²) in [6.07, 6.45) is 1.14. The highest BCUT2D eigenvalue weighted by atomic mass is 79.9. The van der Waals surface area contributed by atoms with Gasteiger partial charge in [0.25, 0.3) is 0 Å². The lowest BCUT2D eigenvalue weighted by molar-refractivity contribution is 0.252. The van der Waals surface area contributed by atoms with Gasteiger partial charge in [0.1, 0.15) is 0 Å². The fourth-order valence-corrected chi connectivity index (χ4v) is 3.85. The monoisotopic (exact) mass is 343 g/mol. The van der Waals surface area contributed by atoms with E-state index in [4.69, 9.17) is 0 Å². The van der Waals surface area contributed by atoms with Crippen LogP contribution in [0.4, 0.5) is 0 Å². The van der Waals surface area contributed by atoms with Gasteiger partial charge in [-0.3, -0.25) is 0 Å². The largest absolute Gasteiger partial charge is 0.303 e. The standard InChI is InChI=1S/C19H22BrN/c1-13(14-8-6-9-16(20)11-14)21-18-17-10-5-4-7-15(17)12-19(18,2)3/h4-11,13,18,21H,12H2,1-3H3/t13-,18?/m0/s1. The summed E-state index contributed by atoms with van der Waals surface area (Å²) >= 11 is 3.56. The van der Waals surface area contributed by atoms with Crippen LogP contribution < -0.4 is 5.32 Å². The number of rotatable bonds is 3. The molecule has 0 bridgehead atoms. The quantitative estimate of drug-likeness (QED) is 0.784. The van der Waals surface area contributed by atoms with Gasteiger partial charge in [-0.15, -0.1) is 0 Å². The maximum absolute atomic E-state index is 3.85. The summed E-state index contributed by atoms with van der Waals surface area (Å²) in [6.45, 7) is 6.97. The van der Waals surface area contributed by atoms with Gasteiger partial charge in [0.2, 0.25) is 0 Å². The van der Waals surface area contributed by atoms with Gasteiger partial charge in [-0.05, 0) is 47.6 Å². The van der Waals surface area contributed by atoms with E-state index < -0.39 is 0 Å². The Morgan fingerprint density at radius 3 is 2.67 bits per heavy atom. The van der Waals surface area contributed by atoms with E-state index in [0.717, 1.165) is 10.9 Å². The molecule has 0 spiro atoms. The van der Waals surface area contributed by atoms with Crippen LogP contribution in [0.25, 0.3) is 0 Å². The Bertz CT molecular complexity index is 648. The average molecular weight is 344 g/mol. The van der Waals surface area contributed by atoms with Crippen molar-refractivity contribution < 1.29 is 0 Å². The molecule has 0 radical (unpaired) electrons. The predicted molar refractivity (Wildman–Crippen MR) is 92.4 cm³/mol. The van der Waals surface area contributed by atoms with Crippen LogP contribution in [0, 0.1) is 5.41 Å². The fourth-order valence-electron chi connectivity index (χ4n) is 3.43. The Labute approximate surface area is 135 Å². The minimum atomic E-state index is 0.254. The smallest absolute Gasteiger partial charge is 0.0382 e. The van der Waals surface area contributed by atoms with Crippen LogP contribution >= 0.6 is 15.9 Å². The lowest BCUT2D eigenvalue weighted by atomic mass is 9.84. The molecule has 2 atom stereocenters. The van der Waals surface area contributed by atoms with Crippen LogP contribution in [0.3, 0.4) is 0 Å². The van der Waals surface area contributed by atoms with Crippen molar-refractivity contribution in [2.24, 2.45) is 5.41 Å². The molecule has 0 saturated heterocycles. The first kappa shape index (κ1) is 14.8. The second-order valence-corrected chi connectivity index (χ2v) is 7.66. The van der Waals surface area contributed by atoms with Gasteiger partial charge < -0.3 is 5.32 Å². The Morgan fingerprint density at radius 1 is 1.14 bits per heavy atom. The highest BCUT2D eigenvalue weighted by molar-refractivity contribution is 9.10. The SMILES string of the molecule is C[C@H](NC1c2ccccc2CC1(C)C)c1cccc(Br)c1. The zero-order valence-corrected chi connectivity index (χ0v) is 14.4. The van der Waals surface area contributed by atoms with Gasteiger partial charge in [0.05, 0.1) is 0 Å². The van der Waals surface area contributed by atoms with Crippen LogP contribution in [-0.2, 0) is 6.42 Å². The van der Waals surface area contributed by atoms with Gasteiger partial charge in [0.15, 0.2) is 0 Å². The van der Waals surface area contributed by atoms with E-state index >= 15 is 0 Å². The number of benzene rings is 2. The second kappa shape index (κ2) is 5.58. The molecule has 0 saturated carbocycles. The molecule has 1 N–H and O–H groups in total. The van der Waals surface area contributed by atoms with Crippen LogP contribution in [0.1, 0.15) is 49.5 Å². The minimum absolute atomic E-state index is 0.254. The summed E-state index contributed by atoms with van der Waals surface area (Å²) in [5.41, 5.74) is 4.53. The van der Waals surface area contributed by atoms with Gasteiger partial charge >= 0.3 is 0 Å². The molecular formula is C19H22BrN. The third kappa shape index (κ3) is 2.93. The van der Waals surface area contributed by atoms with Crippen molar-refractivity contribution in [2.75, 3.05) is 0 Å². The second-order valence-electron chi connectivity index (χ2n) is 6.74. The van der Waals surface area contributed by atoms with Gasteiger partial charge in [-0.2, -0.15) is 0 Å². The van der Waals surface area contributed by atoms with Crippen molar-refractivity contribution in [2.45, 2.75) is 39.3 Å². The van der Waals surface area contributed by atoms with Crippen molar-refractivity contribution in [3.05, 3.63) is 69.7 Å². The van der Waals surface area contributed by atoms with Crippen LogP contribution in [0.5, 0.6) is 0 Å². The van der Waals surface area contributed by atoms with E-state index in [-0.39, 0.29) is 5.41 Å². The zero-order valence-electron chi connectivity index (χ0n) is 12.9. The Balaban J connectivity index is 1.87. The number of halogens is 1. The number of hydrogen-bond acceptors (Lipinski definition) is 1. The molecule has 1 aliphatic carbocycles. The molecule has 2 heteroatoms. The van der Waals surface area contributed by atoms with Crippen molar-refractivity contribution in [1.29, 1.82) is 0 Å². The summed E-state index contributed by atoms with van der Waals surface area (Å²) in [6, 6.07) is 18.1. The first-order chi connectivity index (χ1) is 9.97. The van der Waals surface area contributed by atoms with Crippen LogP contribution in [0.2, 0.25) is 0 Å². The van der Waals surface area contributed by atoms with Crippen LogP contribution in [-0.4, -0.2) is 0 Å². The van der Waals surface area contributed by atoms with Gasteiger partial charge in [-0.25, -0.2) is 0 Å². The molecule has 2 aromatic carbocycles. The Kier molecular flexibility index (Phi) is 3.94. The molecule has 0 aliphatic heterocycles. The average Bonchev–Trinajstić information content (AvgIpc) is 2.69. The molecule has 0 amide bonds. The van der Waals surface area contributed by atoms with Crippen LogP contribution in [0.15, 0.2) is 53.0 Å². The molecule has 2 aromatic rings. The molecule has 110 valence electrons. The maximum Gasteiger partial charge on any atom is 0.0382 e. The summed E-state index contributed by atoms with van der Waals surface area (Å²) < 4.78 is 1.14. The van der Waals surface area contributed by atoms with E-state index in [1.807, 2.05) is 0 Å². The summed E-state index contributed by atoms with van der Waals surface area (Å²) in [5.74, 6) is 0. The number of nitrogens with one attached hydrogen (secondary N) is 1. The highest BCUT2D eigenvalue weighted by Gasteiger charge is 2.39. The van der Waals surface area contributed by atoms with Gasteiger partial charge in [-0.1, -0.05) is 66.2 Å². The Morgan fingerprint density at radius 2 is 1.90 bits per heavy atom. The third-order valence-corrected chi connectivity index (χ3v) is 5.05. The van der Waals surface area contributed by atoms with E-state index in [1.54, 1.807) is 0 Å². The van der Waals surface area contributed by atoms with E-state index in [0.29, 0.717) is 12.1 Å². The van der Waals surface area contributed by atoms with E-state index in [9.17, 15) is 0 Å². The van der Waals surface area contributed by atoms with Crippen molar-refractivity contribution in [3.63, 3.8) is 0 Å². The topological polar surface area (TPSA) is 12.0 Å².